The number of hydrogen-bond acceptors (Lipinski definition) is 0. The molecule has 2 radical (unpaired) electrons. The predicted octanol–water partition coefficient (Wildman–Crippen LogP) is 2.18. The van der Waals surface area contributed by atoms with Gasteiger partial charge in [-0.1, -0.05) is 5.92 Å². The van der Waals surface area contributed by atoms with Crippen LogP contribution in [0.15, 0.2) is 24.3 Å². The quantitative estimate of drug-likeness (QED) is 0.424. The van der Waals surface area contributed by atoms with Crippen molar-refractivity contribution >= 4 is 7.85 Å². The Morgan fingerprint density at radius 3 is 2.00 bits per heavy atom. The molecule has 0 saturated carbocycles. The number of hydrogen-bond donors (Lipinski definition) is 0. The lowest BCUT2D eigenvalue weighted by molar-refractivity contribution is -0.137. The van der Waals surface area contributed by atoms with Crippen molar-refractivity contribution in [1.29, 1.82) is 0 Å². The summed E-state index contributed by atoms with van der Waals surface area (Å²) in [5.41, 5.74) is -0.217. The molecular formula is C9H4BF3. The van der Waals surface area contributed by atoms with E-state index < -0.39 is 11.7 Å². The van der Waals surface area contributed by atoms with Gasteiger partial charge in [0.05, 0.1) is 5.56 Å². The van der Waals surface area contributed by atoms with Gasteiger partial charge in [0.15, 0.2) is 7.85 Å². The van der Waals surface area contributed by atoms with Crippen molar-refractivity contribution in [3.05, 3.63) is 35.4 Å². The van der Waals surface area contributed by atoms with Crippen LogP contribution in [0.5, 0.6) is 0 Å². The fraction of sp³-hybridized carbons (Fsp3) is 0.111. The number of benzene rings is 1. The molecule has 4 heteroatoms. The topological polar surface area (TPSA) is 0 Å². The van der Waals surface area contributed by atoms with E-state index in [0.29, 0.717) is 5.56 Å². The van der Waals surface area contributed by atoms with Gasteiger partial charge in [0.2, 0.25) is 0 Å². The van der Waals surface area contributed by atoms with Crippen LogP contribution in [0.1, 0.15) is 11.1 Å². The molecule has 1 aromatic carbocycles. The molecule has 0 bridgehead atoms. The minimum Gasteiger partial charge on any atom is -0.167 e. The molecule has 0 unspecified atom stereocenters. The Hall–Kier alpha value is -1.37. The summed E-state index contributed by atoms with van der Waals surface area (Å²) in [6.07, 6.45) is -4.30. The zero-order valence-electron chi connectivity index (χ0n) is 6.52. The van der Waals surface area contributed by atoms with Crippen molar-refractivity contribution in [3.63, 3.8) is 0 Å². The van der Waals surface area contributed by atoms with Gasteiger partial charge < -0.3 is 0 Å². The Kier molecular flexibility index (Phi) is 2.67. The van der Waals surface area contributed by atoms with E-state index in [2.05, 4.69) is 11.7 Å². The van der Waals surface area contributed by atoms with Gasteiger partial charge in [0, 0.05) is 5.56 Å². The SMILES string of the molecule is [B]C#Cc1ccc(C(F)(F)F)cc1. The van der Waals surface area contributed by atoms with Crippen LogP contribution in [0.25, 0.3) is 0 Å². The molecule has 1 aromatic rings. The molecule has 0 amide bonds. The predicted molar refractivity (Wildman–Crippen MR) is 44.1 cm³/mol. The molecule has 0 aromatic heterocycles. The first-order chi connectivity index (χ1) is 6.04. The van der Waals surface area contributed by atoms with Gasteiger partial charge in [-0.15, -0.1) is 0 Å². The van der Waals surface area contributed by atoms with Crippen LogP contribution in [0, 0.1) is 11.7 Å². The molecule has 0 aliphatic carbocycles. The highest BCUT2D eigenvalue weighted by Crippen LogP contribution is 2.28. The van der Waals surface area contributed by atoms with Crippen LogP contribution >= 0.6 is 0 Å². The van der Waals surface area contributed by atoms with Crippen molar-refractivity contribution in [2.45, 2.75) is 6.18 Å². The summed E-state index contributed by atoms with van der Waals surface area (Å²) in [4.78, 5) is 0. The second-order valence-electron chi connectivity index (χ2n) is 2.34. The maximum Gasteiger partial charge on any atom is 0.416 e. The van der Waals surface area contributed by atoms with Gasteiger partial charge in [-0.25, -0.2) is 0 Å². The normalized spacial score (nSPS) is 10.4. The Bertz CT molecular complexity index is 340. The molecule has 0 spiro atoms. The van der Waals surface area contributed by atoms with Crippen molar-refractivity contribution in [2.75, 3.05) is 0 Å². The van der Waals surface area contributed by atoms with E-state index in [1.54, 1.807) is 0 Å². The van der Waals surface area contributed by atoms with Crippen LogP contribution in [0.2, 0.25) is 0 Å². The molecule has 0 nitrogen and oxygen atoms in total. The van der Waals surface area contributed by atoms with Crippen LogP contribution in [0.3, 0.4) is 0 Å². The smallest absolute Gasteiger partial charge is 0.167 e. The number of rotatable bonds is 0. The molecule has 0 aliphatic rings. The third kappa shape index (κ3) is 2.55. The van der Waals surface area contributed by atoms with Gasteiger partial charge >= 0.3 is 6.18 Å². The van der Waals surface area contributed by atoms with Crippen LogP contribution in [0.4, 0.5) is 13.2 Å². The van der Waals surface area contributed by atoms with Crippen LogP contribution in [-0.2, 0) is 6.18 Å². The number of halogens is 3. The van der Waals surface area contributed by atoms with Crippen LogP contribution < -0.4 is 0 Å². The zero-order chi connectivity index (χ0) is 9.90. The van der Waals surface area contributed by atoms with E-state index in [9.17, 15) is 13.2 Å². The van der Waals surface area contributed by atoms with E-state index in [1.807, 2.05) is 0 Å². The minimum absolute atomic E-state index is 0.468. The lowest BCUT2D eigenvalue weighted by Gasteiger charge is -2.05. The summed E-state index contributed by atoms with van der Waals surface area (Å²) in [5.74, 6) is 4.56. The van der Waals surface area contributed by atoms with E-state index in [-0.39, 0.29) is 0 Å². The van der Waals surface area contributed by atoms with Gasteiger partial charge in [0.25, 0.3) is 0 Å². The molecule has 13 heavy (non-hydrogen) atoms. The van der Waals surface area contributed by atoms with Gasteiger partial charge in [0.1, 0.15) is 0 Å². The summed E-state index contributed by atoms with van der Waals surface area (Å²) >= 11 is 0. The highest BCUT2D eigenvalue weighted by molar-refractivity contribution is 6.22. The third-order valence-corrected chi connectivity index (χ3v) is 1.43. The van der Waals surface area contributed by atoms with Crippen molar-refractivity contribution in [3.8, 4) is 11.7 Å². The fourth-order valence-corrected chi connectivity index (χ4v) is 0.826. The fourth-order valence-electron chi connectivity index (χ4n) is 0.826. The van der Waals surface area contributed by atoms with Gasteiger partial charge in [-0.05, 0) is 24.3 Å². The summed E-state index contributed by atoms with van der Waals surface area (Å²) in [6, 6.07) is 4.50. The zero-order valence-corrected chi connectivity index (χ0v) is 6.52. The average Bonchev–Trinajstić information content (AvgIpc) is 2.04. The Morgan fingerprint density at radius 1 is 1.08 bits per heavy atom. The van der Waals surface area contributed by atoms with E-state index in [4.69, 9.17) is 7.85 Å². The molecule has 0 heterocycles. The first-order valence-electron chi connectivity index (χ1n) is 3.43. The number of alkyl halides is 3. The van der Waals surface area contributed by atoms with Crippen molar-refractivity contribution in [2.24, 2.45) is 0 Å². The summed E-state index contributed by atoms with van der Waals surface area (Å²) in [6.45, 7) is 0. The average molecular weight is 180 g/mol. The first kappa shape index (κ1) is 9.72. The highest BCUT2D eigenvalue weighted by atomic mass is 19.4. The molecule has 0 fully saturated rings. The van der Waals surface area contributed by atoms with Gasteiger partial charge in [-0.2, -0.15) is 19.0 Å². The second-order valence-corrected chi connectivity index (χ2v) is 2.34. The Morgan fingerprint density at radius 2 is 1.62 bits per heavy atom. The Balaban J connectivity index is 2.98. The molecule has 0 aliphatic heterocycles. The molecule has 0 saturated heterocycles. The molecule has 0 atom stereocenters. The maximum atomic E-state index is 12.0. The maximum absolute atomic E-state index is 12.0. The van der Waals surface area contributed by atoms with Crippen molar-refractivity contribution < 1.29 is 13.2 Å². The lowest BCUT2D eigenvalue weighted by Crippen LogP contribution is -2.04. The van der Waals surface area contributed by atoms with E-state index in [1.165, 1.54) is 12.1 Å². The molecule has 1 rings (SSSR count). The third-order valence-electron chi connectivity index (χ3n) is 1.43. The van der Waals surface area contributed by atoms with E-state index in [0.717, 1.165) is 12.1 Å². The summed E-state index contributed by atoms with van der Waals surface area (Å²) in [7, 11) is 4.90. The largest absolute Gasteiger partial charge is 0.416 e. The minimum atomic E-state index is -4.30. The van der Waals surface area contributed by atoms with E-state index >= 15 is 0 Å². The second kappa shape index (κ2) is 3.57. The van der Waals surface area contributed by atoms with Crippen LogP contribution in [-0.4, -0.2) is 7.85 Å². The molecule has 0 N–H and O–H groups in total. The highest BCUT2D eigenvalue weighted by Gasteiger charge is 2.29. The monoisotopic (exact) mass is 180 g/mol. The first-order valence-corrected chi connectivity index (χ1v) is 3.43. The van der Waals surface area contributed by atoms with Gasteiger partial charge in [-0.3, -0.25) is 0 Å². The molecular weight excluding hydrogens is 176 g/mol. The van der Waals surface area contributed by atoms with Crippen molar-refractivity contribution in [1.82, 2.24) is 0 Å². The standard InChI is InChI=1S/C9H4BF3/c10-6-5-7-1-3-8(4-2-7)9(11,12)13/h1-4H. The Labute approximate surface area is 75.2 Å². The summed E-state index contributed by atoms with van der Waals surface area (Å²) in [5, 5.41) is 0. The lowest BCUT2D eigenvalue weighted by atomic mass is 10.1. The molecule has 64 valence electrons. The summed E-state index contributed by atoms with van der Waals surface area (Å²) < 4.78 is 36.1.